The normalized spacial score (nSPS) is 13.0. The van der Waals surface area contributed by atoms with Gasteiger partial charge in [-0.05, 0) is 37.6 Å². The Balaban J connectivity index is 1.93. The average Bonchev–Trinajstić information content (AvgIpc) is 3.03. The van der Waals surface area contributed by atoms with Crippen molar-refractivity contribution in [2.75, 3.05) is 6.79 Å². The van der Waals surface area contributed by atoms with Crippen LogP contribution in [0.25, 0.3) is 21.6 Å². The molecule has 0 radical (unpaired) electrons. The Hall–Kier alpha value is -2.34. The van der Waals surface area contributed by atoms with Crippen LogP contribution in [0.1, 0.15) is 10.4 Å². The zero-order valence-electron chi connectivity index (χ0n) is 11.5. The maximum atomic E-state index is 12.3. The number of rotatable bonds is 1. The van der Waals surface area contributed by atoms with Crippen molar-refractivity contribution in [2.45, 2.75) is 13.8 Å². The summed E-state index contributed by atoms with van der Waals surface area (Å²) in [6, 6.07) is 5.53. The summed E-state index contributed by atoms with van der Waals surface area (Å²) in [6.07, 6.45) is 0. The van der Waals surface area contributed by atoms with Gasteiger partial charge >= 0.3 is 0 Å². The summed E-state index contributed by atoms with van der Waals surface area (Å²) < 4.78 is 10.7. The van der Waals surface area contributed by atoms with Gasteiger partial charge in [0.25, 0.3) is 5.56 Å². The standard InChI is InChI=1S/C15H12N2O3S/c1-7-8(2)21-15-12(7)14(18)16-13(17-15)9-3-4-10-11(5-9)20-6-19-10/h3-5H,6H2,1-2H3,(H,16,17,18). The highest BCUT2D eigenvalue weighted by molar-refractivity contribution is 7.18. The van der Waals surface area contributed by atoms with Crippen LogP contribution in [0.15, 0.2) is 23.0 Å². The van der Waals surface area contributed by atoms with E-state index in [1.54, 1.807) is 11.3 Å². The van der Waals surface area contributed by atoms with Crippen LogP contribution in [0.4, 0.5) is 0 Å². The fourth-order valence-corrected chi connectivity index (χ4v) is 3.47. The van der Waals surface area contributed by atoms with Gasteiger partial charge in [0.2, 0.25) is 6.79 Å². The van der Waals surface area contributed by atoms with Crippen molar-refractivity contribution in [1.29, 1.82) is 0 Å². The van der Waals surface area contributed by atoms with Crippen molar-refractivity contribution in [3.8, 4) is 22.9 Å². The molecule has 3 heterocycles. The van der Waals surface area contributed by atoms with Crippen LogP contribution >= 0.6 is 11.3 Å². The first-order valence-electron chi connectivity index (χ1n) is 6.53. The number of thiophene rings is 1. The molecule has 21 heavy (non-hydrogen) atoms. The lowest BCUT2D eigenvalue weighted by molar-refractivity contribution is 0.174. The van der Waals surface area contributed by atoms with Crippen LogP contribution in [-0.2, 0) is 0 Å². The maximum Gasteiger partial charge on any atom is 0.260 e. The second kappa shape index (κ2) is 4.33. The number of ether oxygens (including phenoxy) is 2. The molecule has 0 atom stereocenters. The van der Waals surface area contributed by atoms with Crippen molar-refractivity contribution in [3.05, 3.63) is 39.0 Å². The number of aromatic amines is 1. The molecule has 0 fully saturated rings. The van der Waals surface area contributed by atoms with E-state index in [4.69, 9.17) is 9.47 Å². The molecule has 2 aromatic heterocycles. The third kappa shape index (κ3) is 1.83. The third-order valence-corrected chi connectivity index (χ3v) is 4.79. The van der Waals surface area contributed by atoms with E-state index in [-0.39, 0.29) is 12.4 Å². The molecule has 1 aliphatic heterocycles. The molecule has 6 heteroatoms. The van der Waals surface area contributed by atoms with Crippen molar-refractivity contribution in [2.24, 2.45) is 0 Å². The highest BCUT2D eigenvalue weighted by Crippen LogP contribution is 2.35. The number of benzene rings is 1. The van der Waals surface area contributed by atoms with E-state index in [1.807, 2.05) is 32.0 Å². The number of fused-ring (bicyclic) bond motifs is 2. The molecule has 0 amide bonds. The SMILES string of the molecule is Cc1sc2nc(-c3ccc4c(c3)OCO4)[nH]c(=O)c2c1C. The van der Waals surface area contributed by atoms with E-state index in [2.05, 4.69) is 9.97 Å². The summed E-state index contributed by atoms with van der Waals surface area (Å²) in [5.74, 6) is 1.94. The van der Waals surface area contributed by atoms with Gasteiger partial charge in [-0.1, -0.05) is 0 Å². The molecular formula is C15H12N2O3S. The number of aromatic nitrogens is 2. The lowest BCUT2D eigenvalue weighted by Crippen LogP contribution is -2.09. The summed E-state index contributed by atoms with van der Waals surface area (Å²) >= 11 is 1.54. The molecule has 0 saturated carbocycles. The molecule has 1 N–H and O–H groups in total. The highest BCUT2D eigenvalue weighted by Gasteiger charge is 2.16. The topological polar surface area (TPSA) is 64.2 Å². The number of nitrogens with one attached hydrogen (secondary N) is 1. The lowest BCUT2D eigenvalue weighted by Gasteiger charge is -2.03. The Morgan fingerprint density at radius 1 is 1.24 bits per heavy atom. The molecule has 0 saturated heterocycles. The summed E-state index contributed by atoms with van der Waals surface area (Å²) in [5.41, 5.74) is 1.71. The molecule has 106 valence electrons. The van der Waals surface area contributed by atoms with Gasteiger partial charge in [0.05, 0.1) is 5.39 Å². The Bertz CT molecular complexity index is 927. The van der Waals surface area contributed by atoms with Crippen LogP contribution in [0, 0.1) is 13.8 Å². The molecule has 4 rings (SSSR count). The van der Waals surface area contributed by atoms with Crippen LogP contribution < -0.4 is 15.0 Å². The number of aryl methyl sites for hydroxylation is 2. The van der Waals surface area contributed by atoms with Gasteiger partial charge < -0.3 is 14.5 Å². The highest BCUT2D eigenvalue weighted by atomic mass is 32.1. The summed E-state index contributed by atoms with van der Waals surface area (Å²) in [5, 5.41) is 0.682. The van der Waals surface area contributed by atoms with Crippen LogP contribution in [0.2, 0.25) is 0 Å². The Kier molecular flexibility index (Phi) is 2.56. The molecule has 0 unspecified atom stereocenters. The molecule has 3 aromatic rings. The van der Waals surface area contributed by atoms with E-state index >= 15 is 0 Å². The fraction of sp³-hybridized carbons (Fsp3) is 0.200. The van der Waals surface area contributed by atoms with Gasteiger partial charge in [0.15, 0.2) is 11.5 Å². The number of hydrogen-bond acceptors (Lipinski definition) is 5. The quantitative estimate of drug-likeness (QED) is 0.750. The smallest absolute Gasteiger partial charge is 0.260 e. The predicted octanol–water partition coefficient (Wildman–Crippen LogP) is 3.00. The van der Waals surface area contributed by atoms with E-state index in [9.17, 15) is 4.79 Å². The minimum atomic E-state index is -0.102. The van der Waals surface area contributed by atoms with Gasteiger partial charge in [-0.15, -0.1) is 11.3 Å². The molecule has 0 bridgehead atoms. The number of H-pyrrole nitrogens is 1. The molecule has 5 nitrogen and oxygen atoms in total. The van der Waals surface area contributed by atoms with Crippen molar-refractivity contribution in [3.63, 3.8) is 0 Å². The van der Waals surface area contributed by atoms with E-state index in [0.29, 0.717) is 22.7 Å². The number of hydrogen-bond donors (Lipinski definition) is 1. The second-order valence-corrected chi connectivity index (χ2v) is 6.15. The first-order chi connectivity index (χ1) is 10.1. The van der Waals surface area contributed by atoms with Crippen molar-refractivity contribution >= 4 is 21.6 Å². The minimum absolute atomic E-state index is 0.102. The van der Waals surface area contributed by atoms with E-state index < -0.39 is 0 Å². The maximum absolute atomic E-state index is 12.3. The molecular weight excluding hydrogens is 288 g/mol. The van der Waals surface area contributed by atoms with Crippen molar-refractivity contribution < 1.29 is 9.47 Å². The van der Waals surface area contributed by atoms with E-state index in [1.165, 1.54) is 0 Å². The largest absolute Gasteiger partial charge is 0.454 e. The average molecular weight is 300 g/mol. The lowest BCUT2D eigenvalue weighted by atomic mass is 10.2. The zero-order valence-corrected chi connectivity index (χ0v) is 12.3. The first-order valence-corrected chi connectivity index (χ1v) is 7.35. The van der Waals surface area contributed by atoms with Gasteiger partial charge in [-0.25, -0.2) is 4.98 Å². The summed E-state index contributed by atoms with van der Waals surface area (Å²) in [7, 11) is 0. The van der Waals surface area contributed by atoms with Gasteiger partial charge in [0, 0.05) is 10.4 Å². The second-order valence-electron chi connectivity index (χ2n) is 4.95. The van der Waals surface area contributed by atoms with E-state index in [0.717, 1.165) is 20.8 Å². The van der Waals surface area contributed by atoms with Gasteiger partial charge in [-0.2, -0.15) is 0 Å². The zero-order chi connectivity index (χ0) is 14.6. The van der Waals surface area contributed by atoms with Crippen LogP contribution in [-0.4, -0.2) is 16.8 Å². The fourth-order valence-electron chi connectivity index (χ4n) is 2.44. The van der Waals surface area contributed by atoms with Gasteiger partial charge in [-0.3, -0.25) is 4.79 Å². The molecule has 1 aromatic carbocycles. The molecule has 1 aliphatic rings. The third-order valence-electron chi connectivity index (χ3n) is 3.69. The molecule has 0 aliphatic carbocycles. The summed E-state index contributed by atoms with van der Waals surface area (Å²) in [6.45, 7) is 4.18. The Morgan fingerprint density at radius 2 is 2.05 bits per heavy atom. The summed E-state index contributed by atoms with van der Waals surface area (Å²) in [4.78, 5) is 21.6. The Labute approximate surface area is 124 Å². The predicted molar refractivity (Wildman–Crippen MR) is 81.3 cm³/mol. The van der Waals surface area contributed by atoms with Crippen LogP contribution in [0.5, 0.6) is 11.5 Å². The molecule has 0 spiro atoms. The monoisotopic (exact) mass is 300 g/mol. The minimum Gasteiger partial charge on any atom is -0.454 e. The van der Waals surface area contributed by atoms with Gasteiger partial charge in [0.1, 0.15) is 10.7 Å². The first kappa shape index (κ1) is 12.4. The number of nitrogens with zero attached hydrogens (tertiary/aromatic N) is 1. The van der Waals surface area contributed by atoms with Crippen LogP contribution in [0.3, 0.4) is 0 Å². The van der Waals surface area contributed by atoms with Crippen molar-refractivity contribution in [1.82, 2.24) is 9.97 Å². The Morgan fingerprint density at radius 3 is 2.90 bits per heavy atom.